The van der Waals surface area contributed by atoms with Gasteiger partial charge in [0, 0.05) is 31.1 Å². The van der Waals surface area contributed by atoms with Crippen molar-refractivity contribution in [2.45, 2.75) is 31.8 Å². The average Bonchev–Trinajstić information content (AvgIpc) is 3.14. The number of carbonyl (C=O) groups is 1. The average molecular weight is 357 g/mol. The number of fused-ring (bicyclic) bond motifs is 1. The topological polar surface area (TPSA) is 41.6 Å². The molecular formula is C17H22Cl2N2O2. The van der Waals surface area contributed by atoms with Gasteiger partial charge in [-0.05, 0) is 55.0 Å². The van der Waals surface area contributed by atoms with Crippen LogP contribution in [0.1, 0.15) is 24.8 Å². The summed E-state index contributed by atoms with van der Waals surface area (Å²) in [6.45, 7) is 3.95. The van der Waals surface area contributed by atoms with Crippen LogP contribution in [-0.2, 0) is 11.2 Å². The summed E-state index contributed by atoms with van der Waals surface area (Å²) in [4.78, 5) is 14.7. The molecule has 2 saturated heterocycles. The van der Waals surface area contributed by atoms with Gasteiger partial charge in [0.25, 0.3) is 5.91 Å². The molecule has 1 spiro atoms. The standard InChI is InChI=1S/C17H21ClN2O2.ClH/c18-13-1-2-14-12(9-13)10-15(22-14)16(21)20-7-4-17(5-8-20)3-6-19-11-17;/h1-2,9,15,19H,3-8,10-11H2;1H. The van der Waals surface area contributed by atoms with Gasteiger partial charge in [0.1, 0.15) is 5.75 Å². The van der Waals surface area contributed by atoms with E-state index in [0.717, 1.165) is 50.3 Å². The number of halogens is 2. The highest BCUT2D eigenvalue weighted by molar-refractivity contribution is 6.30. The normalized spacial score (nSPS) is 24.9. The van der Waals surface area contributed by atoms with Crippen molar-refractivity contribution in [3.05, 3.63) is 28.8 Å². The summed E-state index contributed by atoms with van der Waals surface area (Å²) in [7, 11) is 0. The second-order valence-corrected chi connectivity index (χ2v) is 7.25. The molecule has 0 aliphatic carbocycles. The first-order chi connectivity index (χ1) is 10.7. The summed E-state index contributed by atoms with van der Waals surface area (Å²) in [6, 6.07) is 5.57. The van der Waals surface area contributed by atoms with E-state index >= 15 is 0 Å². The summed E-state index contributed by atoms with van der Waals surface area (Å²) < 4.78 is 5.83. The van der Waals surface area contributed by atoms with Gasteiger partial charge in [-0.25, -0.2) is 0 Å². The van der Waals surface area contributed by atoms with Crippen molar-refractivity contribution < 1.29 is 9.53 Å². The Bertz CT molecular complexity index is 592. The lowest BCUT2D eigenvalue weighted by molar-refractivity contribution is -0.140. The molecule has 1 unspecified atom stereocenters. The molecule has 1 amide bonds. The highest BCUT2D eigenvalue weighted by Gasteiger charge is 2.40. The third-order valence-electron chi connectivity index (χ3n) is 5.44. The Morgan fingerprint density at radius 3 is 2.78 bits per heavy atom. The zero-order chi connectivity index (χ0) is 15.2. The number of ether oxygens (including phenoxy) is 1. The smallest absolute Gasteiger partial charge is 0.263 e. The maximum Gasteiger partial charge on any atom is 0.263 e. The minimum atomic E-state index is -0.371. The van der Waals surface area contributed by atoms with Crippen LogP contribution in [0, 0.1) is 5.41 Å². The number of amides is 1. The summed E-state index contributed by atoms with van der Waals surface area (Å²) in [5, 5.41) is 4.16. The Labute approximate surface area is 147 Å². The Morgan fingerprint density at radius 1 is 1.30 bits per heavy atom. The molecular weight excluding hydrogens is 335 g/mol. The Hall–Kier alpha value is -0.970. The molecule has 6 heteroatoms. The fraction of sp³-hybridized carbons (Fsp3) is 0.588. The van der Waals surface area contributed by atoms with Crippen LogP contribution in [0.25, 0.3) is 0 Å². The second kappa shape index (κ2) is 6.50. The maximum atomic E-state index is 12.7. The van der Waals surface area contributed by atoms with Gasteiger partial charge in [-0.15, -0.1) is 12.4 Å². The van der Waals surface area contributed by atoms with Crippen LogP contribution >= 0.6 is 24.0 Å². The number of benzene rings is 1. The first kappa shape index (κ1) is 16.9. The number of likely N-dealkylation sites (tertiary alicyclic amines) is 1. The van der Waals surface area contributed by atoms with Crippen LogP contribution in [0.2, 0.25) is 5.02 Å². The fourth-order valence-corrected chi connectivity index (χ4v) is 4.18. The van der Waals surface area contributed by atoms with E-state index in [1.807, 2.05) is 23.1 Å². The lowest BCUT2D eigenvalue weighted by Crippen LogP contribution is -2.48. The van der Waals surface area contributed by atoms with Gasteiger partial charge < -0.3 is 15.0 Å². The monoisotopic (exact) mass is 356 g/mol. The summed E-state index contributed by atoms with van der Waals surface area (Å²) in [6.07, 6.45) is 3.73. The number of hydrogen-bond donors (Lipinski definition) is 1. The Kier molecular flexibility index (Phi) is 4.77. The first-order valence-corrected chi connectivity index (χ1v) is 8.48. The Balaban J connectivity index is 0.00000156. The summed E-state index contributed by atoms with van der Waals surface area (Å²) in [5.41, 5.74) is 1.48. The van der Waals surface area contributed by atoms with Gasteiger partial charge in [0.2, 0.25) is 0 Å². The largest absolute Gasteiger partial charge is 0.480 e. The van der Waals surface area contributed by atoms with Gasteiger partial charge in [-0.2, -0.15) is 0 Å². The van der Waals surface area contributed by atoms with Crippen LogP contribution < -0.4 is 10.1 Å². The summed E-state index contributed by atoms with van der Waals surface area (Å²) >= 11 is 6.01. The Morgan fingerprint density at radius 2 is 2.09 bits per heavy atom. The number of piperidine rings is 1. The minimum Gasteiger partial charge on any atom is -0.480 e. The van der Waals surface area contributed by atoms with Crippen molar-refractivity contribution in [3.8, 4) is 5.75 Å². The van der Waals surface area contributed by atoms with E-state index in [4.69, 9.17) is 16.3 Å². The molecule has 1 aromatic carbocycles. The van der Waals surface area contributed by atoms with E-state index in [2.05, 4.69) is 5.32 Å². The zero-order valence-electron chi connectivity index (χ0n) is 13.0. The summed E-state index contributed by atoms with van der Waals surface area (Å²) in [5.74, 6) is 0.935. The third kappa shape index (κ3) is 3.17. The van der Waals surface area contributed by atoms with Crippen molar-refractivity contribution in [1.29, 1.82) is 0 Å². The maximum absolute atomic E-state index is 12.7. The van der Waals surface area contributed by atoms with E-state index in [1.165, 1.54) is 6.42 Å². The van der Waals surface area contributed by atoms with Crippen LogP contribution in [0.3, 0.4) is 0 Å². The molecule has 0 bridgehead atoms. The molecule has 1 N–H and O–H groups in total. The lowest BCUT2D eigenvalue weighted by Gasteiger charge is -2.39. The SMILES string of the molecule is Cl.O=C(C1Cc2cc(Cl)ccc2O1)N1CCC2(CCNC2)CC1. The zero-order valence-corrected chi connectivity index (χ0v) is 14.6. The highest BCUT2D eigenvalue weighted by Crippen LogP contribution is 2.38. The highest BCUT2D eigenvalue weighted by atomic mass is 35.5. The van der Waals surface area contributed by atoms with Gasteiger partial charge in [0.15, 0.2) is 6.10 Å². The molecule has 1 aromatic rings. The molecule has 3 heterocycles. The second-order valence-electron chi connectivity index (χ2n) is 6.81. The lowest BCUT2D eigenvalue weighted by atomic mass is 9.78. The molecule has 23 heavy (non-hydrogen) atoms. The predicted octanol–water partition coefficient (Wildman–Crippen LogP) is 2.67. The fourth-order valence-electron chi connectivity index (χ4n) is 3.98. The van der Waals surface area contributed by atoms with E-state index in [9.17, 15) is 4.79 Å². The van der Waals surface area contributed by atoms with Crippen molar-refractivity contribution in [1.82, 2.24) is 10.2 Å². The van der Waals surface area contributed by atoms with E-state index in [1.54, 1.807) is 0 Å². The number of nitrogens with zero attached hydrogens (tertiary/aromatic N) is 1. The van der Waals surface area contributed by atoms with Crippen molar-refractivity contribution in [2.75, 3.05) is 26.2 Å². The molecule has 0 aromatic heterocycles. The van der Waals surface area contributed by atoms with Crippen molar-refractivity contribution >= 4 is 29.9 Å². The molecule has 3 aliphatic heterocycles. The molecule has 4 rings (SSSR count). The molecule has 4 nitrogen and oxygen atoms in total. The van der Waals surface area contributed by atoms with E-state index in [-0.39, 0.29) is 24.4 Å². The molecule has 0 radical (unpaired) electrons. The molecule has 2 fully saturated rings. The van der Waals surface area contributed by atoms with E-state index < -0.39 is 0 Å². The van der Waals surface area contributed by atoms with Gasteiger partial charge in [-0.3, -0.25) is 4.79 Å². The van der Waals surface area contributed by atoms with Gasteiger partial charge >= 0.3 is 0 Å². The van der Waals surface area contributed by atoms with Crippen molar-refractivity contribution in [3.63, 3.8) is 0 Å². The van der Waals surface area contributed by atoms with Gasteiger partial charge in [-0.1, -0.05) is 11.6 Å². The number of rotatable bonds is 1. The molecule has 3 aliphatic rings. The molecule has 1 atom stereocenters. The number of carbonyl (C=O) groups excluding carboxylic acids is 1. The molecule has 0 saturated carbocycles. The van der Waals surface area contributed by atoms with Crippen LogP contribution in [0.15, 0.2) is 18.2 Å². The van der Waals surface area contributed by atoms with Crippen molar-refractivity contribution in [2.24, 2.45) is 5.41 Å². The minimum absolute atomic E-state index is 0. The van der Waals surface area contributed by atoms with Crippen LogP contribution in [-0.4, -0.2) is 43.1 Å². The predicted molar refractivity (Wildman–Crippen MR) is 92.6 cm³/mol. The van der Waals surface area contributed by atoms with Crippen LogP contribution in [0.4, 0.5) is 0 Å². The van der Waals surface area contributed by atoms with Gasteiger partial charge in [0.05, 0.1) is 0 Å². The first-order valence-electron chi connectivity index (χ1n) is 8.10. The quantitative estimate of drug-likeness (QED) is 0.840. The molecule has 126 valence electrons. The van der Waals surface area contributed by atoms with E-state index in [0.29, 0.717) is 16.9 Å². The van der Waals surface area contributed by atoms with Crippen LogP contribution in [0.5, 0.6) is 5.75 Å². The number of hydrogen-bond acceptors (Lipinski definition) is 3. The third-order valence-corrected chi connectivity index (χ3v) is 5.68. The number of nitrogens with one attached hydrogen (secondary N) is 1.